The van der Waals surface area contributed by atoms with Crippen LogP contribution in [0.4, 0.5) is 4.39 Å². The van der Waals surface area contributed by atoms with Crippen LogP contribution in [-0.2, 0) is 0 Å². The summed E-state index contributed by atoms with van der Waals surface area (Å²) in [7, 11) is 0. The number of halogens is 1. The molecule has 4 nitrogen and oxygen atoms in total. The molecule has 0 saturated heterocycles. The third-order valence-corrected chi connectivity index (χ3v) is 2.37. The fourth-order valence-corrected chi connectivity index (χ4v) is 1.52. The number of benzene rings is 1. The van der Waals surface area contributed by atoms with Gasteiger partial charge < -0.3 is 15.4 Å². The Morgan fingerprint density at radius 1 is 1.35 bits per heavy atom. The van der Waals surface area contributed by atoms with Crippen molar-refractivity contribution in [3.8, 4) is 5.75 Å². The van der Waals surface area contributed by atoms with Gasteiger partial charge in [0.25, 0.3) is 0 Å². The summed E-state index contributed by atoms with van der Waals surface area (Å²) in [6.45, 7) is 3.17. The number of hydrogen-bond donors (Lipinski definition) is 2. The van der Waals surface area contributed by atoms with Gasteiger partial charge in [0, 0.05) is 13.1 Å². The van der Waals surface area contributed by atoms with Crippen molar-refractivity contribution >= 4 is 5.96 Å². The molecule has 1 aliphatic rings. The third-order valence-electron chi connectivity index (χ3n) is 2.37. The lowest BCUT2D eigenvalue weighted by Gasteiger charge is -2.08. The van der Waals surface area contributed by atoms with Crippen LogP contribution in [0.15, 0.2) is 29.3 Å². The summed E-state index contributed by atoms with van der Waals surface area (Å²) in [4.78, 5) is 4.21. The summed E-state index contributed by atoms with van der Waals surface area (Å²) in [6.07, 6.45) is 0.873. The van der Waals surface area contributed by atoms with E-state index in [0.29, 0.717) is 12.4 Å². The Hall–Kier alpha value is -1.78. The fraction of sp³-hybridized carbons (Fsp3) is 0.417. The molecule has 0 saturated carbocycles. The highest BCUT2D eigenvalue weighted by molar-refractivity contribution is 5.81. The van der Waals surface area contributed by atoms with Gasteiger partial charge in [-0.3, -0.25) is 4.99 Å². The lowest BCUT2D eigenvalue weighted by Crippen LogP contribution is -2.34. The second-order valence-corrected chi connectivity index (χ2v) is 3.74. The van der Waals surface area contributed by atoms with E-state index in [-0.39, 0.29) is 5.82 Å². The number of nitrogens with one attached hydrogen (secondary N) is 2. The van der Waals surface area contributed by atoms with E-state index in [1.165, 1.54) is 12.1 Å². The Labute approximate surface area is 99.9 Å². The molecule has 0 spiro atoms. The van der Waals surface area contributed by atoms with Crippen LogP contribution in [0.2, 0.25) is 0 Å². The highest BCUT2D eigenvalue weighted by Gasteiger charge is 2.02. The monoisotopic (exact) mass is 237 g/mol. The Morgan fingerprint density at radius 2 is 2.18 bits per heavy atom. The summed E-state index contributed by atoms with van der Waals surface area (Å²) >= 11 is 0. The first kappa shape index (κ1) is 11.7. The summed E-state index contributed by atoms with van der Waals surface area (Å²) in [5, 5.41) is 6.30. The SMILES string of the molecule is Fc1ccc(OCCCNC2=NCCN2)cc1. The van der Waals surface area contributed by atoms with E-state index in [2.05, 4.69) is 15.6 Å². The maximum atomic E-state index is 12.6. The molecule has 0 fully saturated rings. The van der Waals surface area contributed by atoms with Crippen molar-refractivity contribution in [1.82, 2.24) is 10.6 Å². The van der Waals surface area contributed by atoms with Gasteiger partial charge >= 0.3 is 0 Å². The van der Waals surface area contributed by atoms with E-state index >= 15 is 0 Å². The molecule has 2 N–H and O–H groups in total. The minimum absolute atomic E-state index is 0.246. The average molecular weight is 237 g/mol. The van der Waals surface area contributed by atoms with Crippen molar-refractivity contribution in [3.05, 3.63) is 30.1 Å². The van der Waals surface area contributed by atoms with Gasteiger partial charge in [0.2, 0.25) is 0 Å². The van der Waals surface area contributed by atoms with Gasteiger partial charge in [-0.25, -0.2) is 4.39 Å². The van der Waals surface area contributed by atoms with Gasteiger partial charge in [0.05, 0.1) is 13.2 Å². The maximum Gasteiger partial charge on any atom is 0.191 e. The van der Waals surface area contributed by atoms with Crippen molar-refractivity contribution < 1.29 is 9.13 Å². The summed E-state index contributed by atoms with van der Waals surface area (Å²) in [6, 6.07) is 6.05. The number of aliphatic imine (C=N–C) groups is 1. The second-order valence-electron chi connectivity index (χ2n) is 3.74. The fourth-order valence-electron chi connectivity index (χ4n) is 1.52. The first-order valence-corrected chi connectivity index (χ1v) is 5.75. The number of hydrogen-bond acceptors (Lipinski definition) is 4. The summed E-state index contributed by atoms with van der Waals surface area (Å²) in [5.41, 5.74) is 0. The van der Waals surface area contributed by atoms with Gasteiger partial charge in [-0.05, 0) is 30.7 Å². The molecule has 2 rings (SSSR count). The minimum atomic E-state index is -0.246. The van der Waals surface area contributed by atoms with Crippen LogP contribution in [0.25, 0.3) is 0 Å². The molecule has 1 aromatic rings. The van der Waals surface area contributed by atoms with Crippen LogP contribution in [0.1, 0.15) is 6.42 Å². The van der Waals surface area contributed by atoms with E-state index in [4.69, 9.17) is 4.74 Å². The second kappa shape index (κ2) is 6.08. The van der Waals surface area contributed by atoms with E-state index in [1.54, 1.807) is 12.1 Å². The minimum Gasteiger partial charge on any atom is -0.494 e. The molecule has 0 aromatic heterocycles. The van der Waals surface area contributed by atoms with Crippen LogP contribution >= 0.6 is 0 Å². The van der Waals surface area contributed by atoms with Crippen LogP contribution in [-0.4, -0.2) is 32.2 Å². The van der Waals surface area contributed by atoms with E-state index < -0.39 is 0 Å². The van der Waals surface area contributed by atoms with Gasteiger partial charge in [-0.15, -0.1) is 0 Å². The molecular formula is C12H16FN3O. The number of guanidine groups is 1. The van der Waals surface area contributed by atoms with E-state index in [9.17, 15) is 4.39 Å². The van der Waals surface area contributed by atoms with Crippen LogP contribution < -0.4 is 15.4 Å². The Bertz CT molecular complexity index is 378. The molecule has 0 amide bonds. The van der Waals surface area contributed by atoms with Gasteiger partial charge in [-0.2, -0.15) is 0 Å². The Kier molecular flexibility index (Phi) is 4.18. The number of ether oxygens (including phenoxy) is 1. The van der Waals surface area contributed by atoms with E-state index in [0.717, 1.165) is 32.0 Å². The van der Waals surface area contributed by atoms with Crippen molar-refractivity contribution in [2.24, 2.45) is 4.99 Å². The van der Waals surface area contributed by atoms with Crippen LogP contribution in [0.5, 0.6) is 5.75 Å². The van der Waals surface area contributed by atoms with Crippen LogP contribution in [0, 0.1) is 5.82 Å². The first-order chi connectivity index (χ1) is 8.34. The van der Waals surface area contributed by atoms with Gasteiger partial charge in [-0.1, -0.05) is 0 Å². The quantitative estimate of drug-likeness (QED) is 0.755. The standard InChI is InChI=1S/C12H16FN3O/c13-10-2-4-11(5-3-10)17-9-1-6-14-12-15-7-8-16-12/h2-5H,1,6-9H2,(H2,14,15,16). The molecule has 0 aliphatic carbocycles. The molecule has 0 atom stereocenters. The van der Waals surface area contributed by atoms with Crippen LogP contribution in [0.3, 0.4) is 0 Å². The lowest BCUT2D eigenvalue weighted by atomic mass is 10.3. The molecule has 1 aromatic carbocycles. The summed E-state index contributed by atoms with van der Waals surface area (Å²) < 4.78 is 18.1. The topological polar surface area (TPSA) is 45.6 Å². The largest absolute Gasteiger partial charge is 0.494 e. The molecule has 5 heteroatoms. The van der Waals surface area contributed by atoms with Crippen molar-refractivity contribution in [2.45, 2.75) is 6.42 Å². The average Bonchev–Trinajstić information content (AvgIpc) is 2.84. The molecule has 17 heavy (non-hydrogen) atoms. The predicted molar refractivity (Wildman–Crippen MR) is 64.8 cm³/mol. The zero-order valence-corrected chi connectivity index (χ0v) is 9.58. The molecule has 0 unspecified atom stereocenters. The molecule has 92 valence electrons. The Morgan fingerprint density at radius 3 is 2.88 bits per heavy atom. The van der Waals surface area contributed by atoms with E-state index in [1.807, 2.05) is 0 Å². The predicted octanol–water partition coefficient (Wildman–Crippen LogP) is 1.14. The molecule has 1 heterocycles. The molecule has 0 radical (unpaired) electrons. The molecule has 1 aliphatic heterocycles. The number of rotatable bonds is 5. The summed E-state index contributed by atoms with van der Waals surface area (Å²) in [5.74, 6) is 1.32. The highest BCUT2D eigenvalue weighted by Crippen LogP contribution is 2.10. The first-order valence-electron chi connectivity index (χ1n) is 5.75. The normalized spacial score (nSPS) is 14.1. The zero-order valence-electron chi connectivity index (χ0n) is 9.58. The molecular weight excluding hydrogens is 221 g/mol. The maximum absolute atomic E-state index is 12.6. The van der Waals surface area contributed by atoms with Crippen molar-refractivity contribution in [2.75, 3.05) is 26.2 Å². The van der Waals surface area contributed by atoms with Gasteiger partial charge in [0.1, 0.15) is 11.6 Å². The number of nitrogens with zero attached hydrogens (tertiary/aromatic N) is 1. The zero-order chi connectivity index (χ0) is 11.9. The third kappa shape index (κ3) is 3.94. The van der Waals surface area contributed by atoms with Crippen molar-refractivity contribution in [3.63, 3.8) is 0 Å². The van der Waals surface area contributed by atoms with Gasteiger partial charge in [0.15, 0.2) is 5.96 Å². The lowest BCUT2D eigenvalue weighted by molar-refractivity contribution is 0.311. The smallest absolute Gasteiger partial charge is 0.191 e. The Balaban J connectivity index is 1.58. The highest BCUT2D eigenvalue weighted by atomic mass is 19.1. The van der Waals surface area contributed by atoms with Crippen molar-refractivity contribution in [1.29, 1.82) is 0 Å². The molecule has 0 bridgehead atoms.